The Morgan fingerprint density at radius 3 is 2.83 bits per heavy atom. The Bertz CT molecular complexity index is 511. The van der Waals surface area contributed by atoms with Crippen molar-refractivity contribution in [2.75, 3.05) is 47.0 Å². The average molecular weight is 447 g/mol. The molecule has 0 bridgehead atoms. The molecule has 0 radical (unpaired) electrons. The minimum atomic E-state index is 0. The molecule has 0 saturated carbocycles. The van der Waals surface area contributed by atoms with Crippen molar-refractivity contribution in [1.82, 2.24) is 10.2 Å². The quantitative estimate of drug-likeness (QED) is 0.397. The van der Waals surface area contributed by atoms with E-state index in [1.807, 2.05) is 18.2 Å². The number of benzene rings is 1. The van der Waals surface area contributed by atoms with Gasteiger partial charge >= 0.3 is 0 Å². The van der Waals surface area contributed by atoms with Crippen molar-refractivity contribution in [3.63, 3.8) is 0 Å². The molecule has 1 aromatic carbocycles. The Morgan fingerprint density at radius 1 is 1.33 bits per heavy atom. The molecule has 6 heteroatoms. The predicted molar refractivity (Wildman–Crippen MR) is 110 cm³/mol. The fourth-order valence-electron chi connectivity index (χ4n) is 3.01. The Balaban J connectivity index is 0.00000288. The van der Waals surface area contributed by atoms with E-state index in [4.69, 9.17) is 14.5 Å². The third kappa shape index (κ3) is 6.12. The average Bonchev–Trinajstić information content (AvgIpc) is 3.03. The molecule has 1 atom stereocenters. The number of nitrogens with zero attached hydrogens (tertiary/aromatic N) is 2. The number of aliphatic imine (C=N–C) groups is 1. The van der Waals surface area contributed by atoms with E-state index in [2.05, 4.69) is 23.2 Å². The van der Waals surface area contributed by atoms with Gasteiger partial charge in [-0.2, -0.15) is 0 Å². The van der Waals surface area contributed by atoms with Crippen molar-refractivity contribution < 1.29 is 9.47 Å². The van der Waals surface area contributed by atoms with Crippen molar-refractivity contribution in [2.45, 2.75) is 19.8 Å². The van der Waals surface area contributed by atoms with Crippen LogP contribution in [0, 0.1) is 5.92 Å². The summed E-state index contributed by atoms with van der Waals surface area (Å²) in [7, 11) is 3.49. The van der Waals surface area contributed by atoms with Crippen LogP contribution in [-0.4, -0.2) is 57.9 Å². The number of rotatable bonds is 7. The largest absolute Gasteiger partial charge is 0.496 e. The van der Waals surface area contributed by atoms with Crippen LogP contribution in [-0.2, 0) is 11.2 Å². The van der Waals surface area contributed by atoms with Crippen LogP contribution in [0.5, 0.6) is 5.75 Å². The monoisotopic (exact) mass is 447 g/mol. The number of para-hydroxylation sites is 1. The van der Waals surface area contributed by atoms with E-state index in [-0.39, 0.29) is 24.0 Å². The first-order chi connectivity index (χ1) is 11.3. The summed E-state index contributed by atoms with van der Waals surface area (Å²) in [6, 6.07) is 8.14. The van der Waals surface area contributed by atoms with Crippen LogP contribution in [0.1, 0.15) is 18.9 Å². The van der Waals surface area contributed by atoms with Crippen molar-refractivity contribution in [1.29, 1.82) is 0 Å². The summed E-state index contributed by atoms with van der Waals surface area (Å²) in [6.45, 7) is 6.66. The second-order valence-corrected chi connectivity index (χ2v) is 5.85. The maximum atomic E-state index is 5.40. The van der Waals surface area contributed by atoms with Crippen molar-refractivity contribution in [3.05, 3.63) is 29.8 Å². The molecule has 1 fully saturated rings. The number of hydrogen-bond donors (Lipinski definition) is 1. The topological polar surface area (TPSA) is 46.1 Å². The third-order valence-electron chi connectivity index (χ3n) is 4.16. The summed E-state index contributed by atoms with van der Waals surface area (Å²) in [5, 5.41) is 3.41. The summed E-state index contributed by atoms with van der Waals surface area (Å²) < 4.78 is 10.7. The lowest BCUT2D eigenvalue weighted by Crippen LogP contribution is -2.40. The summed E-state index contributed by atoms with van der Waals surface area (Å²) in [6.07, 6.45) is 2.05. The Kier molecular flexibility index (Phi) is 10.1. The van der Waals surface area contributed by atoms with Crippen LogP contribution in [0.4, 0.5) is 0 Å². The number of halogens is 1. The SMILES string of the molecule is CCNC(=NCCc1ccccc1OC)N1CCC(COC)C1.I. The van der Waals surface area contributed by atoms with Gasteiger partial charge in [-0.25, -0.2) is 0 Å². The number of hydrogen-bond acceptors (Lipinski definition) is 3. The first-order valence-electron chi connectivity index (χ1n) is 8.42. The molecule has 1 aromatic rings. The third-order valence-corrected chi connectivity index (χ3v) is 4.16. The first-order valence-corrected chi connectivity index (χ1v) is 8.42. The van der Waals surface area contributed by atoms with Crippen molar-refractivity contribution >= 4 is 29.9 Å². The fraction of sp³-hybridized carbons (Fsp3) is 0.611. The minimum absolute atomic E-state index is 0. The van der Waals surface area contributed by atoms with E-state index >= 15 is 0 Å². The Hall–Kier alpha value is -1.02. The zero-order valence-corrected chi connectivity index (χ0v) is 17.3. The maximum absolute atomic E-state index is 5.40. The predicted octanol–water partition coefficient (Wildman–Crippen LogP) is 2.79. The molecular weight excluding hydrogens is 417 g/mol. The van der Waals surface area contributed by atoms with E-state index in [9.17, 15) is 0 Å². The van der Waals surface area contributed by atoms with E-state index in [0.29, 0.717) is 5.92 Å². The second-order valence-electron chi connectivity index (χ2n) is 5.85. The van der Waals surface area contributed by atoms with Crippen LogP contribution >= 0.6 is 24.0 Å². The zero-order valence-electron chi connectivity index (χ0n) is 15.0. The molecule has 1 unspecified atom stereocenters. The number of ether oxygens (including phenoxy) is 2. The van der Waals surface area contributed by atoms with Crippen LogP contribution in [0.2, 0.25) is 0 Å². The number of nitrogens with one attached hydrogen (secondary N) is 1. The minimum Gasteiger partial charge on any atom is -0.496 e. The van der Waals surface area contributed by atoms with E-state index in [1.54, 1.807) is 14.2 Å². The highest BCUT2D eigenvalue weighted by molar-refractivity contribution is 14.0. The van der Waals surface area contributed by atoms with E-state index in [0.717, 1.165) is 50.9 Å². The van der Waals surface area contributed by atoms with E-state index < -0.39 is 0 Å². The van der Waals surface area contributed by atoms with Gasteiger partial charge in [-0.3, -0.25) is 4.99 Å². The lowest BCUT2D eigenvalue weighted by atomic mass is 10.1. The molecular formula is C18H30IN3O2. The molecule has 0 aliphatic carbocycles. The standard InChI is InChI=1S/C18H29N3O2.HI/c1-4-19-18(21-12-10-15(13-21)14-22-2)20-11-9-16-7-5-6-8-17(16)23-3;/h5-8,15H,4,9-14H2,1-3H3,(H,19,20);1H. The van der Waals surface area contributed by atoms with Crippen molar-refractivity contribution in [3.8, 4) is 5.75 Å². The number of guanidine groups is 1. The number of methoxy groups -OCH3 is 2. The molecule has 0 amide bonds. The van der Waals surface area contributed by atoms with Gasteiger partial charge in [0.15, 0.2) is 5.96 Å². The molecule has 1 aliphatic rings. The smallest absolute Gasteiger partial charge is 0.193 e. The molecule has 1 aliphatic heterocycles. The normalized spacial score (nSPS) is 17.5. The molecule has 1 heterocycles. The van der Waals surface area contributed by atoms with Gasteiger partial charge in [0.05, 0.1) is 13.7 Å². The first kappa shape index (κ1) is 21.0. The fourth-order valence-corrected chi connectivity index (χ4v) is 3.01. The van der Waals surface area contributed by atoms with Crippen LogP contribution in [0.15, 0.2) is 29.3 Å². The Labute approximate surface area is 162 Å². The molecule has 136 valence electrons. The van der Waals surface area contributed by atoms with Gasteiger partial charge < -0.3 is 19.7 Å². The molecule has 2 rings (SSSR count). The van der Waals surface area contributed by atoms with Gasteiger partial charge in [0.25, 0.3) is 0 Å². The second kappa shape index (κ2) is 11.5. The van der Waals surface area contributed by atoms with Gasteiger partial charge in [0.1, 0.15) is 5.75 Å². The highest BCUT2D eigenvalue weighted by Crippen LogP contribution is 2.18. The summed E-state index contributed by atoms with van der Waals surface area (Å²) >= 11 is 0. The lowest BCUT2D eigenvalue weighted by molar-refractivity contribution is 0.157. The summed E-state index contributed by atoms with van der Waals surface area (Å²) in [5.41, 5.74) is 1.20. The van der Waals surface area contributed by atoms with E-state index in [1.165, 1.54) is 12.0 Å². The van der Waals surface area contributed by atoms with Crippen LogP contribution in [0.25, 0.3) is 0 Å². The molecule has 0 spiro atoms. The summed E-state index contributed by atoms with van der Waals surface area (Å²) in [4.78, 5) is 7.14. The maximum Gasteiger partial charge on any atom is 0.193 e. The van der Waals surface area contributed by atoms with Gasteiger partial charge in [-0.15, -0.1) is 24.0 Å². The highest BCUT2D eigenvalue weighted by Gasteiger charge is 2.24. The molecule has 24 heavy (non-hydrogen) atoms. The molecule has 5 nitrogen and oxygen atoms in total. The van der Waals surface area contributed by atoms with Crippen LogP contribution in [0.3, 0.4) is 0 Å². The lowest BCUT2D eigenvalue weighted by Gasteiger charge is -2.21. The molecule has 1 saturated heterocycles. The van der Waals surface area contributed by atoms with Gasteiger partial charge in [-0.05, 0) is 31.4 Å². The molecule has 0 aromatic heterocycles. The summed E-state index contributed by atoms with van der Waals surface area (Å²) in [5.74, 6) is 2.56. The number of likely N-dealkylation sites (tertiary alicyclic amines) is 1. The Morgan fingerprint density at radius 2 is 2.12 bits per heavy atom. The van der Waals surface area contributed by atoms with Crippen molar-refractivity contribution in [2.24, 2.45) is 10.9 Å². The van der Waals surface area contributed by atoms with Gasteiger partial charge in [-0.1, -0.05) is 18.2 Å². The van der Waals surface area contributed by atoms with Gasteiger partial charge in [0.2, 0.25) is 0 Å². The highest BCUT2D eigenvalue weighted by atomic mass is 127. The zero-order chi connectivity index (χ0) is 16.5. The molecule has 1 N–H and O–H groups in total. The van der Waals surface area contributed by atoms with Crippen LogP contribution < -0.4 is 10.1 Å². The van der Waals surface area contributed by atoms with Gasteiger partial charge in [0, 0.05) is 39.2 Å².